The molecule has 2 N–H and O–H groups in total. The summed E-state index contributed by atoms with van der Waals surface area (Å²) in [6.07, 6.45) is 1.94. The number of rotatable bonds is 3. The maximum absolute atomic E-state index is 12.4. The number of para-hydroxylation sites is 1. The zero-order chi connectivity index (χ0) is 13.2. The van der Waals surface area contributed by atoms with E-state index in [1.165, 1.54) is 0 Å². The molecule has 102 valence electrons. The number of hydrogen-bond donors (Lipinski definition) is 2. The van der Waals surface area contributed by atoms with Crippen LogP contribution >= 0.6 is 11.6 Å². The summed E-state index contributed by atoms with van der Waals surface area (Å²) in [4.78, 5) is 14.2. The molecule has 2 aliphatic heterocycles. The lowest BCUT2D eigenvalue weighted by atomic mass is 10.2. The summed E-state index contributed by atoms with van der Waals surface area (Å²) >= 11 is 6.16. The zero-order valence-electron chi connectivity index (χ0n) is 10.7. The van der Waals surface area contributed by atoms with Crippen LogP contribution in [0, 0.1) is 0 Å². The molecule has 0 radical (unpaired) electrons. The van der Waals surface area contributed by atoms with Crippen LogP contribution in [-0.2, 0) is 4.79 Å². The summed E-state index contributed by atoms with van der Waals surface area (Å²) < 4.78 is 0. The zero-order valence-corrected chi connectivity index (χ0v) is 11.5. The van der Waals surface area contributed by atoms with E-state index in [-0.39, 0.29) is 11.9 Å². The molecular weight excluding hydrogens is 262 g/mol. The molecule has 0 aromatic heterocycles. The first-order chi connectivity index (χ1) is 9.25. The molecule has 2 heterocycles. The van der Waals surface area contributed by atoms with E-state index in [1.807, 2.05) is 24.3 Å². The second-order valence-electron chi connectivity index (χ2n) is 5.14. The van der Waals surface area contributed by atoms with Gasteiger partial charge >= 0.3 is 0 Å². The Morgan fingerprint density at radius 3 is 2.89 bits per heavy atom. The van der Waals surface area contributed by atoms with Crippen molar-refractivity contribution in [3.05, 3.63) is 29.3 Å². The topological polar surface area (TPSA) is 44.4 Å². The van der Waals surface area contributed by atoms with Crippen molar-refractivity contribution in [3.63, 3.8) is 0 Å². The molecule has 0 saturated carbocycles. The Bertz CT molecular complexity index is 474. The van der Waals surface area contributed by atoms with Crippen LogP contribution in [0.3, 0.4) is 0 Å². The van der Waals surface area contributed by atoms with Crippen molar-refractivity contribution < 1.29 is 4.79 Å². The van der Waals surface area contributed by atoms with Gasteiger partial charge in [0.15, 0.2) is 0 Å². The first kappa shape index (κ1) is 12.9. The predicted molar refractivity (Wildman–Crippen MR) is 76.6 cm³/mol. The summed E-state index contributed by atoms with van der Waals surface area (Å²) in [5.74, 6) is 0.139. The molecule has 1 aromatic carbocycles. The molecule has 2 fully saturated rings. The highest BCUT2D eigenvalue weighted by atomic mass is 35.5. The van der Waals surface area contributed by atoms with E-state index in [1.54, 1.807) is 4.90 Å². The van der Waals surface area contributed by atoms with Gasteiger partial charge in [0.05, 0.1) is 16.8 Å². The molecule has 3 rings (SSSR count). The number of carbonyl (C=O) groups is 1. The van der Waals surface area contributed by atoms with Gasteiger partial charge in [-0.25, -0.2) is 0 Å². The third-order valence-electron chi connectivity index (χ3n) is 3.85. The first-order valence-corrected chi connectivity index (χ1v) is 7.16. The van der Waals surface area contributed by atoms with Crippen LogP contribution in [0.25, 0.3) is 0 Å². The third-order valence-corrected chi connectivity index (χ3v) is 4.17. The number of benzene rings is 1. The van der Waals surface area contributed by atoms with Gasteiger partial charge in [0.25, 0.3) is 0 Å². The van der Waals surface area contributed by atoms with Crippen LogP contribution in [0.1, 0.15) is 12.8 Å². The van der Waals surface area contributed by atoms with Gasteiger partial charge in [-0.1, -0.05) is 23.7 Å². The normalized spacial score (nSPS) is 27.2. The van der Waals surface area contributed by atoms with Crippen molar-refractivity contribution in [2.75, 3.05) is 24.5 Å². The van der Waals surface area contributed by atoms with Gasteiger partial charge in [0, 0.05) is 19.1 Å². The molecule has 19 heavy (non-hydrogen) atoms. The number of anilines is 1. The van der Waals surface area contributed by atoms with Crippen LogP contribution in [-0.4, -0.2) is 37.6 Å². The van der Waals surface area contributed by atoms with Crippen molar-refractivity contribution in [1.29, 1.82) is 0 Å². The third kappa shape index (κ3) is 2.61. The van der Waals surface area contributed by atoms with E-state index in [2.05, 4.69) is 10.6 Å². The average molecular weight is 280 g/mol. The van der Waals surface area contributed by atoms with Crippen molar-refractivity contribution >= 4 is 23.2 Å². The highest BCUT2D eigenvalue weighted by Gasteiger charge is 2.34. The number of amides is 1. The van der Waals surface area contributed by atoms with E-state index >= 15 is 0 Å². The Morgan fingerprint density at radius 2 is 2.16 bits per heavy atom. The minimum atomic E-state index is -0.0684. The van der Waals surface area contributed by atoms with Gasteiger partial charge in [-0.05, 0) is 31.5 Å². The molecule has 1 aromatic rings. The summed E-state index contributed by atoms with van der Waals surface area (Å²) in [7, 11) is 0. The molecule has 2 aliphatic rings. The smallest absolute Gasteiger partial charge is 0.244 e. The van der Waals surface area contributed by atoms with Crippen molar-refractivity contribution in [3.8, 4) is 0 Å². The Hall–Kier alpha value is -1.10. The summed E-state index contributed by atoms with van der Waals surface area (Å²) in [6.45, 7) is 2.73. The largest absolute Gasteiger partial charge is 0.315 e. The van der Waals surface area contributed by atoms with Gasteiger partial charge in [-0.2, -0.15) is 0 Å². The number of nitrogens with zero attached hydrogens (tertiary/aromatic N) is 1. The fourth-order valence-corrected chi connectivity index (χ4v) is 3.06. The molecule has 4 nitrogen and oxygen atoms in total. The fourth-order valence-electron chi connectivity index (χ4n) is 2.83. The molecule has 0 spiro atoms. The quantitative estimate of drug-likeness (QED) is 0.879. The Kier molecular flexibility index (Phi) is 3.73. The SMILES string of the molecule is O=C1C(NC2CCNC2)CCN1c1ccccc1Cl. The highest BCUT2D eigenvalue weighted by Crippen LogP contribution is 2.29. The van der Waals surface area contributed by atoms with Crippen LogP contribution in [0.5, 0.6) is 0 Å². The summed E-state index contributed by atoms with van der Waals surface area (Å²) in [6, 6.07) is 7.87. The average Bonchev–Trinajstić information content (AvgIpc) is 3.03. The first-order valence-electron chi connectivity index (χ1n) is 6.78. The number of hydrogen-bond acceptors (Lipinski definition) is 3. The van der Waals surface area contributed by atoms with Gasteiger partial charge in [0.1, 0.15) is 0 Å². The molecular formula is C14H18ClN3O. The number of halogens is 1. The van der Waals surface area contributed by atoms with Crippen LogP contribution in [0.15, 0.2) is 24.3 Å². The Morgan fingerprint density at radius 1 is 1.32 bits per heavy atom. The maximum Gasteiger partial charge on any atom is 0.244 e. The van der Waals surface area contributed by atoms with E-state index in [0.29, 0.717) is 11.1 Å². The van der Waals surface area contributed by atoms with Gasteiger partial charge < -0.3 is 15.5 Å². The standard InChI is InChI=1S/C14H18ClN3O/c15-11-3-1-2-4-13(11)18-8-6-12(14(18)19)17-10-5-7-16-9-10/h1-4,10,12,16-17H,5-9H2. The van der Waals surface area contributed by atoms with E-state index in [4.69, 9.17) is 11.6 Å². The lowest BCUT2D eigenvalue weighted by Crippen LogP contribution is -2.44. The predicted octanol–water partition coefficient (Wildman–Crippen LogP) is 1.40. The van der Waals surface area contributed by atoms with E-state index in [0.717, 1.165) is 38.2 Å². The lowest BCUT2D eigenvalue weighted by Gasteiger charge is -2.20. The number of carbonyl (C=O) groups excluding carboxylic acids is 1. The molecule has 2 unspecified atom stereocenters. The molecule has 0 aliphatic carbocycles. The van der Waals surface area contributed by atoms with Crippen molar-refractivity contribution in [2.45, 2.75) is 24.9 Å². The molecule has 2 atom stereocenters. The van der Waals surface area contributed by atoms with Crippen LogP contribution in [0.2, 0.25) is 5.02 Å². The van der Waals surface area contributed by atoms with Crippen LogP contribution in [0.4, 0.5) is 5.69 Å². The van der Waals surface area contributed by atoms with Crippen molar-refractivity contribution in [1.82, 2.24) is 10.6 Å². The van der Waals surface area contributed by atoms with E-state index in [9.17, 15) is 4.79 Å². The second kappa shape index (κ2) is 5.49. The van der Waals surface area contributed by atoms with Gasteiger partial charge in [0.2, 0.25) is 5.91 Å². The highest BCUT2D eigenvalue weighted by molar-refractivity contribution is 6.33. The molecule has 5 heteroatoms. The molecule has 2 saturated heterocycles. The van der Waals surface area contributed by atoms with E-state index < -0.39 is 0 Å². The number of nitrogens with one attached hydrogen (secondary N) is 2. The van der Waals surface area contributed by atoms with Gasteiger partial charge in [-0.15, -0.1) is 0 Å². The van der Waals surface area contributed by atoms with Crippen LogP contribution < -0.4 is 15.5 Å². The summed E-state index contributed by atoms with van der Waals surface area (Å²) in [5.41, 5.74) is 0.822. The minimum absolute atomic E-state index is 0.0684. The fraction of sp³-hybridized carbons (Fsp3) is 0.500. The summed E-state index contributed by atoms with van der Waals surface area (Å²) in [5, 5.41) is 7.39. The Labute approximate surface area is 118 Å². The second-order valence-corrected chi connectivity index (χ2v) is 5.55. The minimum Gasteiger partial charge on any atom is -0.315 e. The maximum atomic E-state index is 12.4. The lowest BCUT2D eigenvalue weighted by molar-refractivity contribution is -0.119. The Balaban J connectivity index is 1.69. The monoisotopic (exact) mass is 279 g/mol. The molecule has 0 bridgehead atoms. The molecule has 1 amide bonds. The van der Waals surface area contributed by atoms with Crippen molar-refractivity contribution in [2.24, 2.45) is 0 Å². The van der Waals surface area contributed by atoms with Gasteiger partial charge in [-0.3, -0.25) is 4.79 Å².